The molecule has 0 saturated carbocycles. The molecule has 0 saturated heterocycles. The summed E-state index contributed by atoms with van der Waals surface area (Å²) in [6, 6.07) is 3.38. The Bertz CT molecular complexity index is 425. The average molecular weight is 234 g/mol. The summed E-state index contributed by atoms with van der Waals surface area (Å²) in [6.07, 6.45) is -4.58. The van der Waals surface area contributed by atoms with Gasteiger partial charge in [-0.25, -0.2) is 9.59 Å². The second-order valence-corrected chi connectivity index (χ2v) is 2.72. The van der Waals surface area contributed by atoms with Crippen molar-refractivity contribution in [2.45, 2.75) is 6.18 Å². The zero-order chi connectivity index (χ0) is 12.3. The lowest BCUT2D eigenvalue weighted by Crippen LogP contribution is -2.19. The number of carboxylic acids is 1. The van der Waals surface area contributed by atoms with Crippen LogP contribution in [0.25, 0.3) is 0 Å². The van der Waals surface area contributed by atoms with Gasteiger partial charge >= 0.3 is 18.1 Å². The molecule has 1 rings (SSSR count). The van der Waals surface area contributed by atoms with E-state index < -0.39 is 29.4 Å². The molecule has 0 spiro atoms. The fraction of sp³-hybridized carbons (Fsp3) is 0.111. The highest BCUT2D eigenvalue weighted by molar-refractivity contribution is 6.29. The van der Waals surface area contributed by atoms with Crippen LogP contribution >= 0.6 is 0 Å². The molecule has 0 aromatic heterocycles. The number of aliphatic carboxylic acids is 1. The summed E-state index contributed by atoms with van der Waals surface area (Å²) < 4.78 is 40.8. The maximum absolute atomic E-state index is 12.2. The highest BCUT2D eigenvalue weighted by Gasteiger charge is 2.30. The van der Waals surface area contributed by atoms with Crippen LogP contribution in [0.3, 0.4) is 0 Å². The van der Waals surface area contributed by atoms with E-state index >= 15 is 0 Å². The van der Waals surface area contributed by atoms with Crippen LogP contribution in [0.15, 0.2) is 24.3 Å². The standard InChI is InChI=1S/C9H5F3O4/c10-9(11,12)5-2-1-3-6(4-5)16-8(15)7(13)14/h1-4H,(H,13,14). The van der Waals surface area contributed by atoms with Gasteiger partial charge in [-0.15, -0.1) is 0 Å². The van der Waals surface area contributed by atoms with Crippen molar-refractivity contribution in [1.82, 2.24) is 0 Å². The second-order valence-electron chi connectivity index (χ2n) is 2.72. The largest absolute Gasteiger partial charge is 0.473 e. The third kappa shape index (κ3) is 2.97. The number of alkyl halides is 3. The van der Waals surface area contributed by atoms with Crippen LogP contribution in [-0.2, 0) is 15.8 Å². The minimum atomic E-state index is -4.58. The van der Waals surface area contributed by atoms with Crippen molar-refractivity contribution in [3.63, 3.8) is 0 Å². The highest BCUT2D eigenvalue weighted by atomic mass is 19.4. The Kier molecular flexibility index (Phi) is 3.17. The van der Waals surface area contributed by atoms with Gasteiger partial charge in [0.15, 0.2) is 0 Å². The number of ether oxygens (including phenoxy) is 1. The number of halogens is 3. The number of rotatable bonds is 1. The monoisotopic (exact) mass is 234 g/mol. The van der Waals surface area contributed by atoms with Gasteiger partial charge in [0.2, 0.25) is 0 Å². The Hall–Kier alpha value is -2.05. The van der Waals surface area contributed by atoms with E-state index in [1.54, 1.807) is 0 Å². The molecule has 16 heavy (non-hydrogen) atoms. The lowest BCUT2D eigenvalue weighted by molar-refractivity contribution is -0.158. The van der Waals surface area contributed by atoms with Crippen molar-refractivity contribution in [3.05, 3.63) is 29.8 Å². The first-order valence-corrected chi connectivity index (χ1v) is 3.93. The van der Waals surface area contributed by atoms with Crippen molar-refractivity contribution in [2.24, 2.45) is 0 Å². The second kappa shape index (κ2) is 4.21. The van der Waals surface area contributed by atoms with E-state index in [2.05, 4.69) is 4.74 Å². The molecule has 0 aliphatic carbocycles. The minimum Gasteiger partial charge on any atom is -0.473 e. The summed E-state index contributed by atoms with van der Waals surface area (Å²) in [4.78, 5) is 20.7. The van der Waals surface area contributed by atoms with Crippen LogP contribution in [0.2, 0.25) is 0 Å². The summed E-state index contributed by atoms with van der Waals surface area (Å²) in [6.45, 7) is 0. The zero-order valence-corrected chi connectivity index (χ0v) is 7.62. The molecule has 0 unspecified atom stereocenters. The number of esters is 1. The topological polar surface area (TPSA) is 63.6 Å². The average Bonchev–Trinajstić information content (AvgIpc) is 2.16. The molecule has 1 aromatic carbocycles. The van der Waals surface area contributed by atoms with Crippen molar-refractivity contribution in [3.8, 4) is 5.75 Å². The third-order valence-corrected chi connectivity index (χ3v) is 1.55. The van der Waals surface area contributed by atoms with E-state index in [9.17, 15) is 22.8 Å². The molecule has 1 N–H and O–H groups in total. The van der Waals surface area contributed by atoms with Gasteiger partial charge in [0, 0.05) is 0 Å². The number of benzene rings is 1. The molecule has 0 aliphatic rings. The van der Waals surface area contributed by atoms with Crippen LogP contribution < -0.4 is 4.74 Å². The van der Waals surface area contributed by atoms with Crippen LogP contribution in [0.4, 0.5) is 13.2 Å². The number of hydrogen-bond acceptors (Lipinski definition) is 3. The van der Waals surface area contributed by atoms with Crippen molar-refractivity contribution < 1.29 is 32.6 Å². The third-order valence-electron chi connectivity index (χ3n) is 1.55. The summed E-state index contributed by atoms with van der Waals surface area (Å²) in [5, 5.41) is 8.18. The molecule has 0 bridgehead atoms. The predicted molar refractivity (Wildman–Crippen MR) is 44.7 cm³/mol. The lowest BCUT2D eigenvalue weighted by Gasteiger charge is -2.07. The summed E-state index contributed by atoms with van der Waals surface area (Å²) in [7, 11) is 0. The first-order chi connectivity index (χ1) is 7.30. The molecule has 0 atom stereocenters. The maximum atomic E-state index is 12.2. The van der Waals surface area contributed by atoms with Gasteiger partial charge in [-0.1, -0.05) is 6.07 Å². The van der Waals surface area contributed by atoms with Crippen LogP contribution in [0.1, 0.15) is 5.56 Å². The van der Waals surface area contributed by atoms with Crippen LogP contribution in [-0.4, -0.2) is 17.0 Å². The Morgan fingerprint density at radius 1 is 1.25 bits per heavy atom. The highest BCUT2D eigenvalue weighted by Crippen LogP contribution is 2.31. The van der Waals surface area contributed by atoms with Crippen molar-refractivity contribution >= 4 is 11.9 Å². The summed E-state index contributed by atoms with van der Waals surface area (Å²) in [5.41, 5.74) is -1.02. The Morgan fingerprint density at radius 2 is 1.88 bits per heavy atom. The molecule has 0 aliphatic heterocycles. The molecule has 0 amide bonds. The van der Waals surface area contributed by atoms with Crippen LogP contribution in [0.5, 0.6) is 5.75 Å². The SMILES string of the molecule is O=C(O)C(=O)Oc1cccc(C(F)(F)F)c1. The lowest BCUT2D eigenvalue weighted by atomic mass is 10.2. The minimum absolute atomic E-state index is 0.470. The molecule has 0 heterocycles. The quantitative estimate of drug-likeness (QED) is 0.456. The van der Waals surface area contributed by atoms with E-state index in [4.69, 9.17) is 5.11 Å². The Balaban J connectivity index is 2.92. The fourth-order valence-corrected chi connectivity index (χ4v) is 0.887. The van der Waals surface area contributed by atoms with Gasteiger partial charge in [-0.05, 0) is 18.2 Å². The van der Waals surface area contributed by atoms with E-state index in [1.807, 2.05) is 0 Å². The van der Waals surface area contributed by atoms with E-state index in [-0.39, 0.29) is 0 Å². The Labute approximate surface area is 87.3 Å². The van der Waals surface area contributed by atoms with E-state index in [0.717, 1.165) is 18.2 Å². The van der Waals surface area contributed by atoms with Gasteiger partial charge in [0.1, 0.15) is 5.75 Å². The molecule has 7 heteroatoms. The number of hydrogen-bond donors (Lipinski definition) is 1. The van der Waals surface area contributed by atoms with Crippen molar-refractivity contribution in [2.75, 3.05) is 0 Å². The molecule has 0 radical (unpaired) electrons. The van der Waals surface area contributed by atoms with E-state index in [0.29, 0.717) is 6.07 Å². The summed E-state index contributed by atoms with van der Waals surface area (Å²) in [5.74, 6) is -3.99. The molecule has 1 aromatic rings. The normalized spacial score (nSPS) is 10.9. The Morgan fingerprint density at radius 3 is 2.38 bits per heavy atom. The summed E-state index contributed by atoms with van der Waals surface area (Å²) >= 11 is 0. The van der Waals surface area contributed by atoms with Gasteiger partial charge in [-0.3, -0.25) is 0 Å². The van der Waals surface area contributed by atoms with Gasteiger partial charge < -0.3 is 9.84 Å². The maximum Gasteiger partial charge on any atom is 0.422 e. The molecular formula is C9H5F3O4. The first-order valence-electron chi connectivity index (χ1n) is 3.93. The van der Waals surface area contributed by atoms with Gasteiger partial charge in [0.25, 0.3) is 0 Å². The zero-order valence-electron chi connectivity index (χ0n) is 7.62. The van der Waals surface area contributed by atoms with Crippen molar-refractivity contribution in [1.29, 1.82) is 0 Å². The molecule has 0 fully saturated rings. The number of carbonyl (C=O) groups excluding carboxylic acids is 1. The molecule has 86 valence electrons. The fourth-order valence-electron chi connectivity index (χ4n) is 0.887. The van der Waals surface area contributed by atoms with Gasteiger partial charge in [-0.2, -0.15) is 13.2 Å². The van der Waals surface area contributed by atoms with Gasteiger partial charge in [0.05, 0.1) is 5.56 Å². The molecule has 4 nitrogen and oxygen atoms in total. The predicted octanol–water partition coefficient (Wildman–Crippen LogP) is 1.70. The smallest absolute Gasteiger partial charge is 0.422 e. The number of carbonyl (C=O) groups is 2. The first kappa shape index (κ1) is 12.0. The number of carboxylic acid groups (broad SMARTS) is 1. The van der Waals surface area contributed by atoms with E-state index in [1.165, 1.54) is 0 Å². The van der Waals surface area contributed by atoms with Crippen LogP contribution in [0, 0.1) is 0 Å². The molecular weight excluding hydrogens is 229 g/mol.